The number of ether oxygens (including phenoxy) is 1. The van der Waals surface area contributed by atoms with Gasteiger partial charge in [0.25, 0.3) is 0 Å². The van der Waals surface area contributed by atoms with Gasteiger partial charge in [-0.1, -0.05) is 43.7 Å². The van der Waals surface area contributed by atoms with Crippen molar-refractivity contribution in [3.05, 3.63) is 42.0 Å². The van der Waals surface area contributed by atoms with Crippen molar-refractivity contribution >= 4 is 17.3 Å². The number of ketones is 1. The highest BCUT2D eigenvalue weighted by Gasteiger charge is 2.37. The first-order valence-corrected chi connectivity index (χ1v) is 7.63. The van der Waals surface area contributed by atoms with Crippen LogP contribution in [0.15, 0.2) is 36.4 Å². The van der Waals surface area contributed by atoms with Crippen molar-refractivity contribution in [1.82, 2.24) is 0 Å². The number of esters is 1. The minimum atomic E-state index is -0.329. The Bertz CT molecular complexity index is 531. The zero-order valence-electron chi connectivity index (χ0n) is 12.7. The second-order valence-corrected chi connectivity index (χ2v) is 5.41. The van der Waals surface area contributed by atoms with Crippen LogP contribution in [0.5, 0.6) is 0 Å². The van der Waals surface area contributed by atoms with Crippen LogP contribution in [0.1, 0.15) is 38.7 Å². The van der Waals surface area contributed by atoms with Gasteiger partial charge in [0, 0.05) is 6.42 Å². The van der Waals surface area contributed by atoms with Crippen LogP contribution in [0.4, 0.5) is 0 Å². The normalized spacial score (nSPS) is 21.8. The molecule has 0 heterocycles. The van der Waals surface area contributed by atoms with Gasteiger partial charge >= 0.3 is 5.97 Å². The molecule has 0 radical (unpaired) electrons. The van der Waals surface area contributed by atoms with Crippen molar-refractivity contribution in [3.8, 4) is 0 Å². The second-order valence-electron chi connectivity index (χ2n) is 5.41. The topological polar surface area (TPSA) is 43.4 Å². The second kappa shape index (κ2) is 7.21. The van der Waals surface area contributed by atoms with E-state index in [0.29, 0.717) is 13.0 Å². The zero-order valence-corrected chi connectivity index (χ0v) is 12.7. The van der Waals surface area contributed by atoms with E-state index in [1.165, 1.54) is 0 Å². The molecule has 0 fully saturated rings. The van der Waals surface area contributed by atoms with E-state index < -0.39 is 0 Å². The predicted molar refractivity (Wildman–Crippen MR) is 82.6 cm³/mol. The first kappa shape index (κ1) is 15.5. The summed E-state index contributed by atoms with van der Waals surface area (Å²) in [6, 6.07) is 9.66. The van der Waals surface area contributed by atoms with Gasteiger partial charge in [-0.05, 0) is 36.5 Å². The maximum Gasteiger partial charge on any atom is 0.313 e. The van der Waals surface area contributed by atoms with Gasteiger partial charge < -0.3 is 4.74 Å². The zero-order chi connectivity index (χ0) is 15.2. The highest BCUT2D eigenvalue weighted by molar-refractivity contribution is 6.04. The lowest BCUT2D eigenvalue weighted by Crippen LogP contribution is -2.32. The van der Waals surface area contributed by atoms with E-state index in [2.05, 4.69) is 6.92 Å². The van der Waals surface area contributed by atoms with Crippen molar-refractivity contribution in [3.63, 3.8) is 0 Å². The molecule has 0 aliphatic heterocycles. The summed E-state index contributed by atoms with van der Waals surface area (Å²) < 4.78 is 5.25. The molecule has 0 amide bonds. The molecule has 0 saturated carbocycles. The van der Waals surface area contributed by atoms with Gasteiger partial charge in [-0.3, -0.25) is 9.59 Å². The van der Waals surface area contributed by atoms with Crippen LogP contribution in [0.2, 0.25) is 0 Å². The van der Waals surface area contributed by atoms with E-state index in [4.69, 9.17) is 4.74 Å². The fourth-order valence-electron chi connectivity index (χ4n) is 3.04. The van der Waals surface area contributed by atoms with Crippen LogP contribution in [-0.4, -0.2) is 18.4 Å². The van der Waals surface area contributed by atoms with E-state index in [9.17, 15) is 9.59 Å². The Morgan fingerprint density at radius 1 is 1.24 bits per heavy atom. The van der Waals surface area contributed by atoms with Gasteiger partial charge in [0.15, 0.2) is 5.78 Å². The Balaban J connectivity index is 2.41. The number of benzene rings is 1. The lowest BCUT2D eigenvalue weighted by atomic mass is 9.73. The average Bonchev–Trinajstić information content (AvgIpc) is 2.48. The van der Waals surface area contributed by atoms with Crippen molar-refractivity contribution in [2.75, 3.05) is 6.61 Å². The highest BCUT2D eigenvalue weighted by Crippen LogP contribution is 2.38. The smallest absolute Gasteiger partial charge is 0.313 e. The molecule has 2 rings (SSSR count). The molecule has 112 valence electrons. The Hall–Kier alpha value is -1.90. The van der Waals surface area contributed by atoms with E-state index >= 15 is 0 Å². The van der Waals surface area contributed by atoms with E-state index in [0.717, 1.165) is 24.0 Å². The third kappa shape index (κ3) is 3.60. The van der Waals surface area contributed by atoms with Gasteiger partial charge in [0.05, 0.1) is 12.5 Å². The van der Waals surface area contributed by atoms with Crippen molar-refractivity contribution in [1.29, 1.82) is 0 Å². The Morgan fingerprint density at radius 2 is 1.95 bits per heavy atom. The van der Waals surface area contributed by atoms with Crippen molar-refractivity contribution < 1.29 is 14.3 Å². The average molecular weight is 286 g/mol. The first-order valence-electron chi connectivity index (χ1n) is 7.63. The molecule has 3 heteroatoms. The molecule has 1 aliphatic carbocycles. The quantitative estimate of drug-likeness (QED) is 0.776. The van der Waals surface area contributed by atoms with Crippen LogP contribution in [0.25, 0.3) is 5.57 Å². The van der Waals surface area contributed by atoms with Gasteiger partial charge in [0.1, 0.15) is 0 Å². The summed E-state index contributed by atoms with van der Waals surface area (Å²) in [6.07, 6.45) is 3.88. The SMILES string of the molecule is CCC[C@@H]1CC(=O)C=C(c2ccccc2)[C@H]1C(=O)OCC. The van der Waals surface area contributed by atoms with Gasteiger partial charge in [-0.25, -0.2) is 0 Å². The third-order valence-electron chi connectivity index (χ3n) is 3.89. The molecule has 1 aromatic carbocycles. The minimum Gasteiger partial charge on any atom is -0.466 e. The molecular formula is C18H22O3. The summed E-state index contributed by atoms with van der Waals surface area (Å²) in [7, 11) is 0. The lowest BCUT2D eigenvalue weighted by Gasteiger charge is -2.30. The summed E-state index contributed by atoms with van der Waals surface area (Å²) in [6.45, 7) is 4.25. The maximum absolute atomic E-state index is 12.4. The van der Waals surface area contributed by atoms with Crippen LogP contribution in [0.3, 0.4) is 0 Å². The molecule has 0 spiro atoms. The van der Waals surface area contributed by atoms with Crippen LogP contribution >= 0.6 is 0 Å². The van der Waals surface area contributed by atoms with E-state index in [1.54, 1.807) is 6.08 Å². The number of hydrogen-bond acceptors (Lipinski definition) is 3. The number of hydrogen-bond donors (Lipinski definition) is 0. The molecule has 3 nitrogen and oxygen atoms in total. The number of carbonyl (C=O) groups is 2. The fraction of sp³-hybridized carbons (Fsp3) is 0.444. The molecule has 1 aromatic rings. The predicted octanol–water partition coefficient (Wildman–Crippen LogP) is 3.64. The summed E-state index contributed by atoms with van der Waals surface area (Å²) in [5, 5.41) is 0. The Kier molecular flexibility index (Phi) is 5.32. The van der Waals surface area contributed by atoms with Crippen LogP contribution in [-0.2, 0) is 14.3 Å². The number of allylic oxidation sites excluding steroid dienone is 1. The Labute approximate surface area is 126 Å². The molecule has 21 heavy (non-hydrogen) atoms. The summed E-state index contributed by atoms with van der Waals surface area (Å²) >= 11 is 0. The van der Waals surface area contributed by atoms with E-state index in [-0.39, 0.29) is 23.6 Å². The van der Waals surface area contributed by atoms with Gasteiger partial charge in [-0.2, -0.15) is 0 Å². The van der Waals surface area contributed by atoms with Gasteiger partial charge in [-0.15, -0.1) is 0 Å². The number of carbonyl (C=O) groups excluding carboxylic acids is 2. The molecule has 0 N–H and O–H groups in total. The maximum atomic E-state index is 12.4. The number of rotatable bonds is 5. The molecule has 0 bridgehead atoms. The monoisotopic (exact) mass is 286 g/mol. The minimum absolute atomic E-state index is 0.0433. The van der Waals surface area contributed by atoms with Crippen molar-refractivity contribution in [2.24, 2.45) is 11.8 Å². The largest absolute Gasteiger partial charge is 0.466 e. The fourth-order valence-corrected chi connectivity index (χ4v) is 3.04. The van der Waals surface area contributed by atoms with Crippen molar-refractivity contribution in [2.45, 2.75) is 33.1 Å². The summed E-state index contributed by atoms with van der Waals surface area (Å²) in [4.78, 5) is 24.4. The summed E-state index contributed by atoms with van der Waals surface area (Å²) in [5.41, 5.74) is 1.74. The molecule has 0 saturated heterocycles. The van der Waals surface area contributed by atoms with Crippen LogP contribution < -0.4 is 0 Å². The molecule has 0 aromatic heterocycles. The highest BCUT2D eigenvalue weighted by atomic mass is 16.5. The lowest BCUT2D eigenvalue weighted by molar-refractivity contribution is -0.148. The molecule has 1 aliphatic rings. The summed E-state index contributed by atoms with van der Waals surface area (Å²) in [5.74, 6) is -0.391. The van der Waals surface area contributed by atoms with E-state index in [1.807, 2.05) is 37.3 Å². The van der Waals surface area contributed by atoms with Gasteiger partial charge in [0.2, 0.25) is 0 Å². The molecule has 2 atom stereocenters. The first-order chi connectivity index (χ1) is 10.2. The molecular weight excluding hydrogens is 264 g/mol. The Morgan fingerprint density at radius 3 is 2.57 bits per heavy atom. The standard InChI is InChI=1S/C18H22O3/c1-3-8-14-11-15(19)12-16(13-9-6-5-7-10-13)17(14)18(20)21-4-2/h5-7,9-10,12,14,17H,3-4,8,11H2,1-2H3/t14-,17+/m1/s1. The molecule has 0 unspecified atom stereocenters. The third-order valence-corrected chi connectivity index (χ3v) is 3.89. The van der Waals surface area contributed by atoms with Crippen LogP contribution in [0, 0.1) is 11.8 Å².